The maximum Gasteiger partial charge on any atom is 0.417 e. The third-order valence-corrected chi connectivity index (χ3v) is 8.43. The Morgan fingerprint density at radius 2 is 1.66 bits per heavy atom. The van der Waals surface area contributed by atoms with Crippen molar-refractivity contribution < 1.29 is 26.4 Å². The zero-order chi connectivity index (χ0) is 29.9. The van der Waals surface area contributed by atoms with E-state index in [1.54, 1.807) is 6.07 Å². The summed E-state index contributed by atoms with van der Waals surface area (Å²) in [6, 6.07) is 19.6. The molecule has 4 rings (SSSR count). The third-order valence-electron chi connectivity index (χ3n) is 6.32. The number of hydrazone groups is 1. The minimum absolute atomic E-state index is 0.205. The minimum atomic E-state index is -4.84. The molecule has 0 unspecified atom stereocenters. The molecule has 0 aliphatic carbocycles. The summed E-state index contributed by atoms with van der Waals surface area (Å²) < 4.78 is 70.1. The van der Waals surface area contributed by atoms with E-state index in [0.717, 1.165) is 34.8 Å². The lowest BCUT2D eigenvalue weighted by atomic mass is 10.2. The van der Waals surface area contributed by atoms with E-state index in [-0.39, 0.29) is 10.6 Å². The monoisotopic (exact) mass is 602 g/mol. The summed E-state index contributed by atoms with van der Waals surface area (Å²) in [4.78, 5) is 12.7. The van der Waals surface area contributed by atoms with E-state index < -0.39 is 39.2 Å². The second-order valence-corrected chi connectivity index (χ2v) is 11.5. The number of carbonyl (C=O) groups is 1. The summed E-state index contributed by atoms with van der Waals surface area (Å²) in [6.07, 6.45) is -3.42. The molecular weight excluding hydrogens is 577 g/mol. The van der Waals surface area contributed by atoms with Gasteiger partial charge in [-0.05, 0) is 69.3 Å². The highest BCUT2D eigenvalue weighted by atomic mass is 35.5. The molecule has 0 radical (unpaired) electrons. The summed E-state index contributed by atoms with van der Waals surface area (Å²) in [5.74, 6) is -0.864. The van der Waals surface area contributed by atoms with Gasteiger partial charge in [0.15, 0.2) is 0 Å². The van der Waals surface area contributed by atoms with Gasteiger partial charge in [0.2, 0.25) is 0 Å². The van der Waals surface area contributed by atoms with Gasteiger partial charge in [-0.15, -0.1) is 0 Å². The van der Waals surface area contributed by atoms with E-state index in [2.05, 4.69) is 10.5 Å². The van der Waals surface area contributed by atoms with Gasteiger partial charge in [0, 0.05) is 22.6 Å². The number of nitrogens with zero attached hydrogens (tertiary/aromatic N) is 3. The molecule has 1 aromatic heterocycles. The molecule has 41 heavy (non-hydrogen) atoms. The van der Waals surface area contributed by atoms with Crippen molar-refractivity contribution in [3.8, 4) is 5.69 Å². The molecule has 0 saturated carbocycles. The smallest absolute Gasteiger partial charge is 0.318 e. The highest BCUT2D eigenvalue weighted by Gasteiger charge is 2.35. The summed E-state index contributed by atoms with van der Waals surface area (Å²) in [5, 5.41) is 3.38. The van der Waals surface area contributed by atoms with Crippen molar-refractivity contribution in [3.63, 3.8) is 0 Å². The number of benzene rings is 3. The molecule has 0 spiro atoms. The summed E-state index contributed by atoms with van der Waals surface area (Å²) in [5.41, 5.74) is 5.25. The van der Waals surface area contributed by atoms with Gasteiger partial charge in [-0.3, -0.25) is 9.10 Å². The number of nitrogens with one attached hydrogen (secondary N) is 1. The fraction of sp³-hybridized carbons (Fsp3) is 0.172. The first-order valence-corrected chi connectivity index (χ1v) is 14.1. The molecule has 7 nitrogen and oxygen atoms in total. The molecule has 0 aliphatic rings. The number of aromatic nitrogens is 1. The molecular formula is C29H26ClF3N4O3S. The van der Waals surface area contributed by atoms with Gasteiger partial charge in [-0.25, -0.2) is 13.8 Å². The number of hydrogen-bond acceptors (Lipinski definition) is 4. The lowest BCUT2D eigenvalue weighted by Crippen LogP contribution is -2.39. The van der Waals surface area contributed by atoms with E-state index >= 15 is 0 Å². The van der Waals surface area contributed by atoms with Crippen molar-refractivity contribution in [3.05, 3.63) is 112 Å². The van der Waals surface area contributed by atoms with Gasteiger partial charge in [0.1, 0.15) is 6.54 Å². The number of sulfonamides is 1. The summed E-state index contributed by atoms with van der Waals surface area (Å²) in [7, 11) is -4.44. The largest absolute Gasteiger partial charge is 0.417 e. The molecule has 0 aliphatic heterocycles. The standard InChI is InChI=1S/C29H26ClF3N4O3S/c1-19-9-11-23(12-10-19)37-20(2)15-22(21(37)3)17-34-35-28(38)18-36(41(39,40)25-7-5-4-6-8-25)24-13-14-27(30)26(16-24)29(31,32)33/h4-17H,18H2,1-3H3,(H,35,38)/b34-17-. The average molecular weight is 603 g/mol. The van der Waals surface area contributed by atoms with E-state index in [0.29, 0.717) is 15.9 Å². The predicted molar refractivity (Wildman–Crippen MR) is 153 cm³/mol. The molecule has 4 aromatic rings. The van der Waals surface area contributed by atoms with Crippen LogP contribution in [0.25, 0.3) is 5.69 Å². The maximum absolute atomic E-state index is 13.5. The van der Waals surface area contributed by atoms with Crippen molar-refractivity contribution in [1.29, 1.82) is 0 Å². The van der Waals surface area contributed by atoms with Crippen LogP contribution in [-0.2, 0) is 21.0 Å². The Balaban J connectivity index is 1.61. The van der Waals surface area contributed by atoms with Gasteiger partial charge in [0.25, 0.3) is 15.9 Å². The number of hydrogen-bond donors (Lipinski definition) is 1. The van der Waals surface area contributed by atoms with Crippen LogP contribution in [0.15, 0.2) is 88.9 Å². The van der Waals surface area contributed by atoms with Crippen molar-refractivity contribution >= 4 is 39.4 Å². The number of rotatable bonds is 8. The van der Waals surface area contributed by atoms with E-state index in [1.807, 2.05) is 55.7 Å². The van der Waals surface area contributed by atoms with Crippen LogP contribution in [0.3, 0.4) is 0 Å². The summed E-state index contributed by atoms with van der Waals surface area (Å²) in [6.45, 7) is 4.98. The van der Waals surface area contributed by atoms with Crippen molar-refractivity contribution in [2.45, 2.75) is 31.8 Å². The zero-order valence-electron chi connectivity index (χ0n) is 22.3. The van der Waals surface area contributed by atoms with Crippen LogP contribution >= 0.6 is 11.6 Å². The van der Waals surface area contributed by atoms with Gasteiger partial charge in [-0.1, -0.05) is 47.5 Å². The SMILES string of the molecule is Cc1ccc(-n2c(C)cc(/C=N\NC(=O)CN(c3ccc(Cl)c(C(F)(F)F)c3)S(=O)(=O)c3ccccc3)c2C)cc1. The van der Waals surface area contributed by atoms with Crippen molar-refractivity contribution in [2.24, 2.45) is 5.10 Å². The second kappa shape index (κ2) is 11.8. The van der Waals surface area contributed by atoms with Crippen LogP contribution in [0.4, 0.5) is 18.9 Å². The topological polar surface area (TPSA) is 83.8 Å². The fourth-order valence-corrected chi connectivity index (χ4v) is 5.93. The lowest BCUT2D eigenvalue weighted by molar-refractivity contribution is -0.137. The molecule has 3 aromatic carbocycles. The molecule has 1 amide bonds. The van der Waals surface area contributed by atoms with E-state index in [9.17, 15) is 26.4 Å². The lowest BCUT2D eigenvalue weighted by Gasteiger charge is -2.24. The Morgan fingerprint density at radius 3 is 2.29 bits per heavy atom. The molecule has 0 atom stereocenters. The van der Waals surface area contributed by atoms with E-state index in [1.165, 1.54) is 30.5 Å². The number of halogens is 4. The zero-order valence-corrected chi connectivity index (χ0v) is 23.8. The molecule has 1 N–H and O–H groups in total. The first-order valence-electron chi connectivity index (χ1n) is 12.3. The number of alkyl halides is 3. The maximum atomic E-state index is 13.5. The quantitative estimate of drug-likeness (QED) is 0.187. The Morgan fingerprint density at radius 1 is 1.00 bits per heavy atom. The minimum Gasteiger partial charge on any atom is -0.318 e. The van der Waals surface area contributed by atoms with Gasteiger partial charge in [0.05, 0.1) is 27.4 Å². The number of amides is 1. The fourth-order valence-electron chi connectivity index (χ4n) is 4.27. The molecule has 0 bridgehead atoms. The van der Waals surface area contributed by atoms with Crippen molar-refractivity contribution in [1.82, 2.24) is 9.99 Å². The predicted octanol–water partition coefficient (Wildman–Crippen LogP) is 6.42. The number of anilines is 1. The van der Waals surface area contributed by atoms with Crippen LogP contribution in [-0.4, -0.2) is 31.7 Å². The number of carbonyl (C=O) groups excluding carboxylic acids is 1. The Kier molecular flexibility index (Phi) is 8.60. The highest BCUT2D eigenvalue weighted by molar-refractivity contribution is 7.92. The molecule has 12 heteroatoms. The molecule has 214 valence electrons. The van der Waals surface area contributed by atoms with Gasteiger partial charge >= 0.3 is 6.18 Å². The third kappa shape index (κ3) is 6.63. The molecule has 0 fully saturated rings. The first-order chi connectivity index (χ1) is 19.3. The molecule has 1 heterocycles. The highest BCUT2D eigenvalue weighted by Crippen LogP contribution is 2.38. The van der Waals surface area contributed by atoms with Gasteiger partial charge in [-0.2, -0.15) is 18.3 Å². The Hall–Kier alpha value is -4.09. The first kappa shape index (κ1) is 29.9. The van der Waals surface area contributed by atoms with Crippen LogP contribution < -0.4 is 9.73 Å². The molecule has 0 saturated heterocycles. The Labute approximate surface area is 240 Å². The van der Waals surface area contributed by atoms with Crippen LogP contribution in [0, 0.1) is 20.8 Å². The number of aryl methyl sites for hydroxylation is 2. The van der Waals surface area contributed by atoms with Crippen LogP contribution in [0.2, 0.25) is 5.02 Å². The van der Waals surface area contributed by atoms with Gasteiger partial charge < -0.3 is 4.57 Å². The summed E-state index contributed by atoms with van der Waals surface area (Å²) >= 11 is 5.73. The van der Waals surface area contributed by atoms with Crippen LogP contribution in [0.1, 0.15) is 28.1 Å². The Bertz CT molecular complexity index is 1700. The van der Waals surface area contributed by atoms with Crippen molar-refractivity contribution in [2.75, 3.05) is 10.8 Å². The van der Waals surface area contributed by atoms with Crippen LogP contribution in [0.5, 0.6) is 0 Å². The second-order valence-electron chi connectivity index (χ2n) is 9.28. The van der Waals surface area contributed by atoms with E-state index in [4.69, 9.17) is 11.6 Å². The average Bonchev–Trinajstić information content (AvgIpc) is 3.20. The normalized spacial score (nSPS) is 12.1.